The molecule has 2 aliphatic carbocycles. The van der Waals surface area contributed by atoms with Gasteiger partial charge < -0.3 is 10.0 Å². The summed E-state index contributed by atoms with van der Waals surface area (Å²) in [5.74, 6) is 0.216. The number of carboxylic acids is 1. The van der Waals surface area contributed by atoms with Gasteiger partial charge >= 0.3 is 5.97 Å². The highest BCUT2D eigenvalue weighted by Gasteiger charge is 2.28. The zero-order valence-electron chi connectivity index (χ0n) is 11.6. The van der Waals surface area contributed by atoms with Crippen LogP contribution in [0.4, 0.5) is 0 Å². The second-order valence-electron chi connectivity index (χ2n) is 6.29. The molecule has 3 nitrogen and oxygen atoms in total. The van der Waals surface area contributed by atoms with Crippen LogP contribution >= 0.6 is 0 Å². The number of hydrogen-bond acceptors (Lipinski definition) is 2. The molecule has 0 bridgehead atoms. The van der Waals surface area contributed by atoms with Crippen molar-refractivity contribution in [3.63, 3.8) is 0 Å². The Bertz CT molecular complexity index is 266. The van der Waals surface area contributed by atoms with Gasteiger partial charge in [-0.05, 0) is 51.5 Å². The molecule has 0 aliphatic heterocycles. The maximum Gasteiger partial charge on any atom is 0.306 e. The van der Waals surface area contributed by atoms with E-state index in [9.17, 15) is 4.79 Å². The number of aliphatic carboxylic acids is 1. The highest BCUT2D eigenvalue weighted by atomic mass is 16.4. The Labute approximate surface area is 111 Å². The summed E-state index contributed by atoms with van der Waals surface area (Å²) in [6, 6.07) is 0.627. The molecule has 0 radical (unpaired) electrons. The minimum Gasteiger partial charge on any atom is -0.481 e. The summed E-state index contributed by atoms with van der Waals surface area (Å²) in [6.45, 7) is 1.22. The van der Waals surface area contributed by atoms with Crippen LogP contribution in [0.25, 0.3) is 0 Å². The van der Waals surface area contributed by atoms with Crippen molar-refractivity contribution in [3.05, 3.63) is 0 Å². The van der Waals surface area contributed by atoms with Gasteiger partial charge in [-0.15, -0.1) is 0 Å². The molecule has 2 rings (SSSR count). The van der Waals surface area contributed by atoms with Crippen LogP contribution in [-0.2, 0) is 4.79 Å². The first-order valence-corrected chi connectivity index (χ1v) is 7.60. The fourth-order valence-electron chi connectivity index (χ4n) is 3.69. The summed E-state index contributed by atoms with van der Waals surface area (Å²) >= 11 is 0. The van der Waals surface area contributed by atoms with E-state index in [4.69, 9.17) is 5.11 Å². The van der Waals surface area contributed by atoms with Crippen molar-refractivity contribution >= 4 is 5.97 Å². The Morgan fingerprint density at radius 1 is 1.06 bits per heavy atom. The summed E-state index contributed by atoms with van der Waals surface area (Å²) in [5, 5.41) is 9.01. The van der Waals surface area contributed by atoms with Gasteiger partial charge in [-0.1, -0.05) is 19.3 Å². The summed E-state index contributed by atoms with van der Waals surface area (Å²) in [5.41, 5.74) is 0. The summed E-state index contributed by atoms with van der Waals surface area (Å²) in [7, 11) is 2.24. The highest BCUT2D eigenvalue weighted by molar-refractivity contribution is 5.70. The molecule has 0 amide bonds. The van der Waals surface area contributed by atoms with Crippen molar-refractivity contribution in [1.29, 1.82) is 0 Å². The van der Waals surface area contributed by atoms with Crippen molar-refractivity contribution in [2.75, 3.05) is 13.6 Å². The number of carbonyl (C=O) groups is 1. The Morgan fingerprint density at radius 3 is 2.22 bits per heavy atom. The first-order chi connectivity index (χ1) is 8.66. The number of rotatable bonds is 4. The topological polar surface area (TPSA) is 40.5 Å². The second-order valence-corrected chi connectivity index (χ2v) is 6.29. The molecule has 0 aromatic rings. The average molecular weight is 253 g/mol. The van der Waals surface area contributed by atoms with Gasteiger partial charge in [-0.2, -0.15) is 0 Å². The van der Waals surface area contributed by atoms with Gasteiger partial charge in [0.2, 0.25) is 0 Å². The van der Waals surface area contributed by atoms with Gasteiger partial charge in [0.25, 0.3) is 0 Å². The third kappa shape index (κ3) is 3.71. The molecule has 0 unspecified atom stereocenters. The van der Waals surface area contributed by atoms with E-state index >= 15 is 0 Å². The molecular formula is C15H27NO2. The van der Waals surface area contributed by atoms with Crippen molar-refractivity contribution < 1.29 is 9.90 Å². The van der Waals surface area contributed by atoms with E-state index in [-0.39, 0.29) is 5.92 Å². The van der Waals surface area contributed by atoms with E-state index in [1.54, 1.807) is 0 Å². The SMILES string of the molecule is CN(CC1CCCCC1)C1CCC(C(=O)O)CC1. The maximum atomic E-state index is 10.9. The number of nitrogens with zero attached hydrogens (tertiary/aromatic N) is 1. The van der Waals surface area contributed by atoms with Gasteiger partial charge in [0.05, 0.1) is 5.92 Å². The molecule has 3 heteroatoms. The smallest absolute Gasteiger partial charge is 0.306 e. The molecule has 0 aromatic heterocycles. The van der Waals surface area contributed by atoms with Crippen molar-refractivity contribution in [3.8, 4) is 0 Å². The van der Waals surface area contributed by atoms with E-state index in [1.807, 2.05) is 0 Å². The van der Waals surface area contributed by atoms with Crippen molar-refractivity contribution in [1.82, 2.24) is 4.90 Å². The minimum atomic E-state index is -0.594. The first-order valence-electron chi connectivity index (χ1n) is 7.60. The lowest BCUT2D eigenvalue weighted by Crippen LogP contribution is -2.39. The molecule has 2 saturated carbocycles. The third-order valence-corrected chi connectivity index (χ3v) is 4.94. The van der Waals surface area contributed by atoms with Crippen LogP contribution in [0, 0.1) is 11.8 Å². The van der Waals surface area contributed by atoms with Gasteiger partial charge in [0, 0.05) is 12.6 Å². The summed E-state index contributed by atoms with van der Waals surface area (Å²) in [6.07, 6.45) is 10.9. The van der Waals surface area contributed by atoms with E-state index < -0.39 is 5.97 Å². The van der Waals surface area contributed by atoms with E-state index in [1.165, 1.54) is 38.6 Å². The van der Waals surface area contributed by atoms with E-state index in [0.717, 1.165) is 31.6 Å². The van der Waals surface area contributed by atoms with Gasteiger partial charge in [0.15, 0.2) is 0 Å². The van der Waals surface area contributed by atoms with Gasteiger partial charge in [-0.3, -0.25) is 4.79 Å². The maximum absolute atomic E-state index is 10.9. The zero-order chi connectivity index (χ0) is 13.0. The fourth-order valence-corrected chi connectivity index (χ4v) is 3.69. The average Bonchev–Trinajstić information content (AvgIpc) is 2.40. The molecule has 0 saturated heterocycles. The second kappa shape index (κ2) is 6.55. The fraction of sp³-hybridized carbons (Fsp3) is 0.933. The van der Waals surface area contributed by atoms with Crippen LogP contribution in [0.15, 0.2) is 0 Å². The van der Waals surface area contributed by atoms with Crippen LogP contribution in [0.3, 0.4) is 0 Å². The molecule has 18 heavy (non-hydrogen) atoms. The monoisotopic (exact) mass is 253 g/mol. The predicted molar refractivity (Wildman–Crippen MR) is 72.6 cm³/mol. The molecule has 104 valence electrons. The van der Waals surface area contributed by atoms with Gasteiger partial charge in [-0.25, -0.2) is 0 Å². The lowest BCUT2D eigenvalue weighted by atomic mass is 9.84. The van der Waals surface area contributed by atoms with Crippen molar-refractivity contribution in [2.45, 2.75) is 63.8 Å². The molecule has 0 atom stereocenters. The first kappa shape index (κ1) is 13.9. The van der Waals surface area contributed by atoms with E-state index in [2.05, 4.69) is 11.9 Å². The normalized spacial score (nSPS) is 30.6. The Morgan fingerprint density at radius 2 is 1.67 bits per heavy atom. The standard InChI is InChI=1S/C15H27NO2/c1-16(11-12-5-3-2-4-6-12)14-9-7-13(8-10-14)15(17)18/h12-14H,2-11H2,1H3,(H,17,18). The Kier molecular flexibility index (Phi) is 5.04. The van der Waals surface area contributed by atoms with Gasteiger partial charge in [0.1, 0.15) is 0 Å². The molecule has 2 fully saturated rings. The van der Waals surface area contributed by atoms with Crippen LogP contribution < -0.4 is 0 Å². The van der Waals surface area contributed by atoms with Crippen molar-refractivity contribution in [2.24, 2.45) is 11.8 Å². The predicted octanol–water partition coefficient (Wildman–Crippen LogP) is 3.14. The summed E-state index contributed by atoms with van der Waals surface area (Å²) in [4.78, 5) is 13.4. The molecule has 0 heterocycles. The minimum absolute atomic E-state index is 0.0793. The van der Waals surface area contributed by atoms with Crippen LogP contribution in [0.1, 0.15) is 57.8 Å². The van der Waals surface area contributed by atoms with Crippen LogP contribution in [0.2, 0.25) is 0 Å². The molecular weight excluding hydrogens is 226 g/mol. The molecule has 0 spiro atoms. The Hall–Kier alpha value is -0.570. The molecule has 0 aromatic carbocycles. The molecule has 1 N–H and O–H groups in total. The lowest BCUT2D eigenvalue weighted by molar-refractivity contribution is -0.143. The quantitative estimate of drug-likeness (QED) is 0.836. The Balaban J connectivity index is 1.73. The largest absolute Gasteiger partial charge is 0.481 e. The highest BCUT2D eigenvalue weighted by Crippen LogP contribution is 2.30. The lowest BCUT2D eigenvalue weighted by Gasteiger charge is -2.36. The molecule has 2 aliphatic rings. The number of carboxylic acid groups (broad SMARTS) is 1. The third-order valence-electron chi connectivity index (χ3n) is 4.94. The zero-order valence-corrected chi connectivity index (χ0v) is 11.6. The summed E-state index contributed by atoms with van der Waals surface area (Å²) < 4.78 is 0. The van der Waals surface area contributed by atoms with E-state index in [0.29, 0.717) is 6.04 Å². The van der Waals surface area contributed by atoms with Crippen LogP contribution in [0.5, 0.6) is 0 Å². The number of hydrogen-bond donors (Lipinski definition) is 1. The van der Waals surface area contributed by atoms with Crippen LogP contribution in [-0.4, -0.2) is 35.6 Å².